The minimum atomic E-state index is -1.20. The smallest absolute Gasteiger partial charge is 0.337 e. The van der Waals surface area contributed by atoms with Crippen molar-refractivity contribution in [3.8, 4) is 0 Å². The number of ether oxygens (including phenoxy) is 1. The molecule has 2 aromatic carbocycles. The molecule has 0 saturated carbocycles. The average Bonchev–Trinajstić information content (AvgIpc) is 2.72. The minimum Gasteiger partial charge on any atom is -0.458 e. The quantitative estimate of drug-likeness (QED) is 0.524. The molecule has 3 atom stereocenters. The van der Waals surface area contributed by atoms with Gasteiger partial charge in [0.1, 0.15) is 5.60 Å². The molecule has 4 heteroatoms. The van der Waals surface area contributed by atoms with E-state index in [2.05, 4.69) is 43.0 Å². The second-order valence-electron chi connectivity index (χ2n) is 8.93. The number of unbranched alkanes of at least 4 members (excludes halogenated alkanes) is 1. The fourth-order valence-electron chi connectivity index (χ4n) is 3.70. The van der Waals surface area contributed by atoms with Crippen molar-refractivity contribution in [2.24, 2.45) is 0 Å². The molecule has 1 N–H and O–H groups in total. The first-order valence-corrected chi connectivity index (χ1v) is 11.0. The predicted molar refractivity (Wildman–Crippen MR) is 122 cm³/mol. The number of benzene rings is 2. The molecule has 0 bridgehead atoms. The van der Waals surface area contributed by atoms with Crippen molar-refractivity contribution in [2.75, 3.05) is 0 Å². The minimum absolute atomic E-state index is 0.0327. The van der Waals surface area contributed by atoms with Crippen LogP contribution >= 0.6 is 0 Å². The first-order chi connectivity index (χ1) is 14.2. The Balaban J connectivity index is 2.38. The molecule has 0 aromatic heterocycles. The van der Waals surface area contributed by atoms with Crippen molar-refractivity contribution in [3.05, 3.63) is 71.8 Å². The van der Waals surface area contributed by atoms with E-state index in [0.29, 0.717) is 6.54 Å². The molecule has 0 spiro atoms. The first-order valence-electron chi connectivity index (χ1n) is 11.0. The molecule has 4 nitrogen and oxygen atoms in total. The summed E-state index contributed by atoms with van der Waals surface area (Å²) < 4.78 is 5.53. The summed E-state index contributed by atoms with van der Waals surface area (Å²) in [6.45, 7) is 10.4. The molecule has 2 rings (SSSR count). The van der Waals surface area contributed by atoms with Gasteiger partial charge in [0.2, 0.25) is 0 Å². The molecule has 0 heterocycles. The van der Waals surface area contributed by atoms with Crippen LogP contribution in [-0.2, 0) is 16.1 Å². The van der Waals surface area contributed by atoms with Crippen LogP contribution in [0.2, 0.25) is 0 Å². The third-order valence-electron chi connectivity index (χ3n) is 5.28. The highest BCUT2D eigenvalue weighted by atomic mass is 16.6. The van der Waals surface area contributed by atoms with Crippen LogP contribution in [0.3, 0.4) is 0 Å². The van der Waals surface area contributed by atoms with Crippen LogP contribution < -0.4 is 0 Å². The summed E-state index contributed by atoms with van der Waals surface area (Å²) in [4.78, 5) is 15.0. The molecule has 0 aliphatic heterocycles. The van der Waals surface area contributed by atoms with E-state index in [9.17, 15) is 9.90 Å². The van der Waals surface area contributed by atoms with Crippen LogP contribution in [0.15, 0.2) is 60.7 Å². The number of hydrogen-bond acceptors (Lipinski definition) is 4. The highest BCUT2D eigenvalue weighted by Crippen LogP contribution is 2.29. The fraction of sp³-hybridized carbons (Fsp3) is 0.500. The van der Waals surface area contributed by atoms with E-state index in [1.807, 2.05) is 57.2 Å². The van der Waals surface area contributed by atoms with Gasteiger partial charge in [-0.2, -0.15) is 0 Å². The van der Waals surface area contributed by atoms with Crippen molar-refractivity contribution < 1.29 is 14.6 Å². The van der Waals surface area contributed by atoms with Gasteiger partial charge in [0.25, 0.3) is 0 Å². The zero-order chi connectivity index (χ0) is 22.1. The Kier molecular flexibility index (Phi) is 9.07. The van der Waals surface area contributed by atoms with Crippen molar-refractivity contribution in [3.63, 3.8) is 0 Å². The normalized spacial score (nSPS) is 14.9. The molecule has 0 saturated heterocycles. The van der Waals surface area contributed by atoms with Crippen LogP contribution in [0.5, 0.6) is 0 Å². The average molecular weight is 412 g/mol. The zero-order valence-electron chi connectivity index (χ0n) is 19.0. The van der Waals surface area contributed by atoms with Gasteiger partial charge in [-0.05, 0) is 45.2 Å². The highest BCUT2D eigenvalue weighted by Gasteiger charge is 2.36. The molecule has 164 valence electrons. The summed E-state index contributed by atoms with van der Waals surface area (Å²) in [5.41, 5.74) is 1.67. The Bertz CT molecular complexity index is 755. The van der Waals surface area contributed by atoms with Crippen LogP contribution in [0, 0.1) is 0 Å². The van der Waals surface area contributed by atoms with Crippen LogP contribution in [0.1, 0.15) is 71.0 Å². The van der Waals surface area contributed by atoms with Gasteiger partial charge in [0.05, 0.1) is 0 Å². The van der Waals surface area contributed by atoms with Gasteiger partial charge >= 0.3 is 5.97 Å². The summed E-state index contributed by atoms with van der Waals surface area (Å²) in [6.07, 6.45) is 1.44. The number of rotatable bonds is 10. The van der Waals surface area contributed by atoms with E-state index < -0.39 is 17.7 Å². The monoisotopic (exact) mass is 411 g/mol. The second-order valence-corrected chi connectivity index (χ2v) is 8.93. The van der Waals surface area contributed by atoms with Gasteiger partial charge in [-0.1, -0.05) is 80.4 Å². The summed E-state index contributed by atoms with van der Waals surface area (Å²) in [5, 5.41) is 11.1. The Labute approximate surface area is 181 Å². The number of carbonyl (C=O) groups is 1. The second kappa shape index (κ2) is 11.3. The molecular formula is C26H37NO3. The van der Waals surface area contributed by atoms with Gasteiger partial charge in [-0.25, -0.2) is 4.79 Å². The summed E-state index contributed by atoms with van der Waals surface area (Å²) in [7, 11) is 0. The van der Waals surface area contributed by atoms with E-state index in [1.54, 1.807) is 0 Å². The third kappa shape index (κ3) is 7.26. The maximum Gasteiger partial charge on any atom is 0.337 e. The largest absolute Gasteiger partial charge is 0.458 e. The molecule has 30 heavy (non-hydrogen) atoms. The third-order valence-corrected chi connectivity index (χ3v) is 5.28. The van der Waals surface area contributed by atoms with Crippen molar-refractivity contribution in [1.29, 1.82) is 0 Å². The van der Waals surface area contributed by atoms with Crippen LogP contribution in [0.4, 0.5) is 0 Å². The van der Waals surface area contributed by atoms with Gasteiger partial charge in [0, 0.05) is 18.6 Å². The lowest BCUT2D eigenvalue weighted by atomic mass is 9.96. The van der Waals surface area contributed by atoms with Gasteiger partial charge in [-0.3, -0.25) is 4.90 Å². The Morgan fingerprint density at radius 2 is 1.60 bits per heavy atom. The summed E-state index contributed by atoms with van der Waals surface area (Å²) >= 11 is 0. The number of esters is 1. The van der Waals surface area contributed by atoms with Crippen LogP contribution in [0.25, 0.3) is 0 Å². The lowest BCUT2D eigenvalue weighted by Crippen LogP contribution is -2.49. The Hall–Kier alpha value is -2.17. The van der Waals surface area contributed by atoms with E-state index in [1.165, 1.54) is 0 Å². The Morgan fingerprint density at radius 3 is 2.13 bits per heavy atom. The molecular weight excluding hydrogens is 374 g/mol. The van der Waals surface area contributed by atoms with E-state index >= 15 is 0 Å². The molecule has 0 radical (unpaired) electrons. The number of carbonyl (C=O) groups excluding carboxylic acids is 1. The Morgan fingerprint density at radius 1 is 1.03 bits per heavy atom. The van der Waals surface area contributed by atoms with Crippen molar-refractivity contribution in [2.45, 2.75) is 84.2 Å². The molecule has 0 aliphatic rings. The van der Waals surface area contributed by atoms with E-state index in [0.717, 1.165) is 30.4 Å². The number of hydrogen-bond donors (Lipinski definition) is 1. The zero-order valence-corrected chi connectivity index (χ0v) is 19.0. The van der Waals surface area contributed by atoms with Crippen molar-refractivity contribution >= 4 is 5.97 Å². The molecule has 2 aromatic rings. The number of aliphatic hydroxyl groups excluding tert-OH is 1. The highest BCUT2D eigenvalue weighted by molar-refractivity contribution is 5.75. The molecule has 0 aliphatic carbocycles. The number of nitrogens with zero attached hydrogens (tertiary/aromatic N) is 1. The van der Waals surface area contributed by atoms with Gasteiger partial charge in [0.15, 0.2) is 6.10 Å². The van der Waals surface area contributed by atoms with E-state index in [-0.39, 0.29) is 12.1 Å². The van der Waals surface area contributed by atoms with E-state index in [4.69, 9.17) is 4.74 Å². The molecule has 2 unspecified atom stereocenters. The topological polar surface area (TPSA) is 49.8 Å². The molecule has 0 fully saturated rings. The van der Waals surface area contributed by atoms with Gasteiger partial charge < -0.3 is 9.84 Å². The van der Waals surface area contributed by atoms with Gasteiger partial charge in [-0.15, -0.1) is 0 Å². The molecule has 0 amide bonds. The fourth-order valence-corrected chi connectivity index (χ4v) is 3.70. The predicted octanol–water partition coefficient (Wildman–Crippen LogP) is 5.51. The maximum atomic E-state index is 12.8. The van der Waals surface area contributed by atoms with Crippen LogP contribution in [-0.4, -0.2) is 33.7 Å². The number of aliphatic hydroxyl groups is 1. The first kappa shape index (κ1) is 24.1. The summed E-state index contributed by atoms with van der Waals surface area (Å²) in [6, 6.07) is 20.1. The maximum absolute atomic E-state index is 12.8. The lowest BCUT2D eigenvalue weighted by molar-refractivity contribution is -0.170. The van der Waals surface area contributed by atoms with Crippen molar-refractivity contribution in [1.82, 2.24) is 4.90 Å². The summed E-state index contributed by atoms with van der Waals surface area (Å²) in [5.74, 6) is -0.554. The SMILES string of the molecule is CCCCC(C(O)C(=O)OC(C)(C)C)N(Cc1ccccc1)[C@@H](C)c1ccccc1. The lowest BCUT2D eigenvalue weighted by Gasteiger charge is -2.39. The standard InChI is InChI=1S/C26H37NO3/c1-6-7-18-23(24(28)25(29)30-26(3,4)5)27(19-21-14-10-8-11-15-21)20(2)22-16-12-9-13-17-22/h8-17,20,23-24,28H,6-7,18-19H2,1-5H3/t20-,23?,24?/m0/s1.